The van der Waals surface area contributed by atoms with Crippen molar-refractivity contribution >= 4 is 23.6 Å². The van der Waals surface area contributed by atoms with Crippen LogP contribution in [0.25, 0.3) is 0 Å². The maximum atomic E-state index is 12.5. The van der Waals surface area contributed by atoms with E-state index < -0.39 is 24.6 Å². The van der Waals surface area contributed by atoms with Crippen molar-refractivity contribution in [1.29, 1.82) is 0 Å². The van der Waals surface area contributed by atoms with Crippen LogP contribution in [0.1, 0.15) is 79.1 Å². The molecule has 0 saturated carbocycles. The van der Waals surface area contributed by atoms with Crippen LogP contribution in [0.4, 0.5) is 0 Å². The predicted molar refractivity (Wildman–Crippen MR) is 133 cm³/mol. The molecule has 9 heteroatoms. The minimum absolute atomic E-state index is 0.105. The SMILES string of the molecule is C=C(SC(=C)C(=O)NC(OCCCC)OCCCC)C(=O)NC(OCCCC)OCCCC. The number of unbranched alkanes of at least 4 members (excludes halogenated alkanes) is 4. The van der Waals surface area contributed by atoms with E-state index in [2.05, 4.69) is 51.5 Å². The Morgan fingerprint density at radius 1 is 0.636 bits per heavy atom. The number of nitrogens with one attached hydrogen (secondary N) is 2. The Balaban J connectivity index is 4.71. The van der Waals surface area contributed by atoms with Gasteiger partial charge in [-0.1, -0.05) is 78.3 Å². The van der Waals surface area contributed by atoms with E-state index in [-0.39, 0.29) is 9.81 Å². The lowest BCUT2D eigenvalue weighted by molar-refractivity contribution is -0.169. The highest BCUT2D eigenvalue weighted by Gasteiger charge is 2.21. The molecule has 0 aromatic heterocycles. The van der Waals surface area contributed by atoms with Crippen LogP contribution in [-0.2, 0) is 28.5 Å². The number of hydrogen-bond acceptors (Lipinski definition) is 7. The first-order chi connectivity index (χ1) is 15.9. The molecule has 0 aromatic carbocycles. The van der Waals surface area contributed by atoms with Gasteiger partial charge in [0.25, 0.3) is 11.8 Å². The van der Waals surface area contributed by atoms with Gasteiger partial charge in [0.05, 0.1) is 36.2 Å². The van der Waals surface area contributed by atoms with Gasteiger partial charge in [-0.15, -0.1) is 0 Å². The molecule has 192 valence electrons. The number of carbonyl (C=O) groups excluding carboxylic acids is 2. The first kappa shape index (κ1) is 31.6. The van der Waals surface area contributed by atoms with Crippen LogP contribution in [-0.4, -0.2) is 51.1 Å². The van der Waals surface area contributed by atoms with Crippen molar-refractivity contribution < 1.29 is 28.5 Å². The second-order valence-electron chi connectivity index (χ2n) is 7.46. The summed E-state index contributed by atoms with van der Waals surface area (Å²) in [5.74, 6) is -0.969. The lowest BCUT2D eigenvalue weighted by atomic mass is 10.4. The third-order valence-electron chi connectivity index (χ3n) is 4.32. The Kier molecular flexibility index (Phi) is 20.3. The summed E-state index contributed by atoms with van der Waals surface area (Å²) in [5.41, 5.74) is 0. The van der Waals surface area contributed by atoms with E-state index in [4.69, 9.17) is 18.9 Å². The molecule has 0 saturated heterocycles. The lowest BCUT2D eigenvalue weighted by Gasteiger charge is -2.21. The van der Waals surface area contributed by atoms with E-state index in [1.165, 1.54) is 0 Å². The van der Waals surface area contributed by atoms with E-state index in [1.807, 2.05) is 0 Å². The van der Waals surface area contributed by atoms with Gasteiger partial charge in [-0.2, -0.15) is 0 Å². The van der Waals surface area contributed by atoms with Gasteiger partial charge in [0.1, 0.15) is 0 Å². The normalized spacial score (nSPS) is 11.1. The fourth-order valence-electron chi connectivity index (χ4n) is 2.22. The van der Waals surface area contributed by atoms with E-state index in [1.54, 1.807) is 0 Å². The summed E-state index contributed by atoms with van der Waals surface area (Å²) in [6, 6.07) is 0. The lowest BCUT2D eigenvalue weighted by Crippen LogP contribution is -2.41. The molecular formula is C24H44N2O6S. The first-order valence-electron chi connectivity index (χ1n) is 12.0. The molecule has 0 aliphatic carbocycles. The van der Waals surface area contributed by atoms with Gasteiger partial charge in [-0.3, -0.25) is 9.59 Å². The van der Waals surface area contributed by atoms with Crippen LogP contribution < -0.4 is 10.6 Å². The summed E-state index contributed by atoms with van der Waals surface area (Å²) in [7, 11) is 0. The molecule has 0 bridgehead atoms. The quantitative estimate of drug-likeness (QED) is 0.128. The second-order valence-corrected chi connectivity index (χ2v) is 8.65. The molecule has 0 unspecified atom stereocenters. The van der Waals surface area contributed by atoms with Gasteiger partial charge in [0, 0.05) is 0 Å². The standard InChI is InChI=1S/C24H44N2O6S/c1-7-11-15-29-23(30-16-12-8-2)25-21(27)19(5)33-20(6)22(28)26-24(31-17-13-9-3)32-18-14-10-4/h23-24H,5-18H2,1-4H3,(H,25,27)(H,26,28). The van der Waals surface area contributed by atoms with Crippen molar-refractivity contribution in [3.05, 3.63) is 23.0 Å². The molecule has 0 aliphatic rings. The van der Waals surface area contributed by atoms with Gasteiger partial charge in [-0.25, -0.2) is 0 Å². The molecule has 2 amide bonds. The number of rotatable bonds is 22. The Hall–Kier alpha value is -1.39. The Labute approximate surface area is 204 Å². The van der Waals surface area contributed by atoms with Crippen LogP contribution in [0.5, 0.6) is 0 Å². The summed E-state index contributed by atoms with van der Waals surface area (Å²) >= 11 is 0.878. The third kappa shape index (κ3) is 16.8. The molecule has 0 fully saturated rings. The minimum Gasteiger partial charge on any atom is -0.335 e. The summed E-state index contributed by atoms with van der Waals surface area (Å²) in [5, 5.41) is 5.32. The largest absolute Gasteiger partial charge is 0.335 e. The zero-order valence-corrected chi connectivity index (χ0v) is 21.7. The first-order valence-corrected chi connectivity index (χ1v) is 12.8. The van der Waals surface area contributed by atoms with Crippen molar-refractivity contribution in [3.63, 3.8) is 0 Å². The van der Waals surface area contributed by atoms with Crippen LogP contribution in [0.2, 0.25) is 0 Å². The van der Waals surface area contributed by atoms with Crippen LogP contribution >= 0.6 is 11.8 Å². The van der Waals surface area contributed by atoms with E-state index in [0.717, 1.165) is 63.1 Å². The molecule has 0 rings (SSSR count). The van der Waals surface area contributed by atoms with Gasteiger partial charge >= 0.3 is 0 Å². The predicted octanol–water partition coefficient (Wildman–Crippen LogP) is 4.81. The zero-order valence-electron chi connectivity index (χ0n) is 20.9. The molecule has 0 aliphatic heterocycles. The van der Waals surface area contributed by atoms with Crippen molar-refractivity contribution in [2.45, 2.75) is 91.9 Å². The van der Waals surface area contributed by atoms with Crippen LogP contribution in [0.15, 0.2) is 23.0 Å². The van der Waals surface area contributed by atoms with E-state index >= 15 is 0 Å². The van der Waals surface area contributed by atoms with E-state index in [0.29, 0.717) is 26.4 Å². The van der Waals surface area contributed by atoms with Gasteiger partial charge in [-0.05, 0) is 25.7 Å². The highest BCUT2D eigenvalue weighted by atomic mass is 32.2. The molecule has 8 nitrogen and oxygen atoms in total. The Morgan fingerprint density at radius 2 is 0.909 bits per heavy atom. The number of amides is 2. The molecule has 0 spiro atoms. The smallest absolute Gasteiger partial charge is 0.261 e. The molecule has 0 radical (unpaired) electrons. The van der Waals surface area contributed by atoms with Crippen molar-refractivity contribution in [2.75, 3.05) is 26.4 Å². The number of ether oxygens (including phenoxy) is 4. The summed E-state index contributed by atoms with van der Waals surface area (Å²) in [6.45, 7) is 17.6. The molecule has 0 heterocycles. The average Bonchev–Trinajstić information content (AvgIpc) is 2.79. The highest BCUT2D eigenvalue weighted by molar-refractivity contribution is 8.08. The highest BCUT2D eigenvalue weighted by Crippen LogP contribution is 2.23. The average molecular weight is 489 g/mol. The van der Waals surface area contributed by atoms with Crippen LogP contribution in [0, 0.1) is 0 Å². The minimum atomic E-state index is -0.863. The van der Waals surface area contributed by atoms with E-state index in [9.17, 15) is 9.59 Å². The topological polar surface area (TPSA) is 95.1 Å². The molecule has 33 heavy (non-hydrogen) atoms. The zero-order chi connectivity index (χ0) is 24.9. The number of thioether (sulfide) groups is 1. The monoisotopic (exact) mass is 488 g/mol. The summed E-state index contributed by atoms with van der Waals surface area (Å²) < 4.78 is 22.4. The van der Waals surface area contributed by atoms with Crippen molar-refractivity contribution in [3.8, 4) is 0 Å². The maximum absolute atomic E-state index is 12.5. The molecule has 0 aromatic rings. The Morgan fingerprint density at radius 3 is 1.15 bits per heavy atom. The summed E-state index contributed by atoms with van der Waals surface area (Å²) in [6.07, 6.45) is 5.59. The van der Waals surface area contributed by atoms with Gasteiger partial charge < -0.3 is 29.6 Å². The third-order valence-corrected chi connectivity index (χ3v) is 5.18. The number of carbonyl (C=O) groups is 2. The fraction of sp³-hybridized carbons (Fsp3) is 0.750. The van der Waals surface area contributed by atoms with Gasteiger partial charge in [0.2, 0.25) is 12.8 Å². The van der Waals surface area contributed by atoms with Crippen molar-refractivity contribution in [2.24, 2.45) is 0 Å². The molecular weight excluding hydrogens is 444 g/mol. The number of hydrogen-bond donors (Lipinski definition) is 2. The fourth-order valence-corrected chi connectivity index (χ4v) is 2.82. The maximum Gasteiger partial charge on any atom is 0.261 e. The Bertz CT molecular complexity index is 505. The molecule has 2 N–H and O–H groups in total. The second kappa shape index (κ2) is 21.2. The molecule has 0 atom stereocenters. The van der Waals surface area contributed by atoms with Crippen LogP contribution in [0.3, 0.4) is 0 Å². The van der Waals surface area contributed by atoms with Gasteiger partial charge in [0.15, 0.2) is 0 Å². The summed E-state index contributed by atoms with van der Waals surface area (Å²) in [4.78, 5) is 25.3. The van der Waals surface area contributed by atoms with Crippen molar-refractivity contribution in [1.82, 2.24) is 10.6 Å².